The van der Waals surface area contributed by atoms with E-state index in [1.807, 2.05) is 54.7 Å². The van der Waals surface area contributed by atoms with Crippen molar-refractivity contribution in [2.24, 2.45) is 0 Å². The number of aromatic nitrogens is 1. The van der Waals surface area contributed by atoms with Crippen LogP contribution in [0.2, 0.25) is 0 Å². The van der Waals surface area contributed by atoms with E-state index in [1.54, 1.807) is 12.1 Å². The van der Waals surface area contributed by atoms with E-state index in [9.17, 15) is 9.18 Å². The lowest BCUT2D eigenvalue weighted by molar-refractivity contribution is 0.112. The van der Waals surface area contributed by atoms with Crippen LogP contribution in [-0.4, -0.2) is 10.9 Å². The molecule has 1 aromatic heterocycles. The van der Waals surface area contributed by atoms with Gasteiger partial charge in [-0.15, -0.1) is 0 Å². The zero-order valence-corrected chi connectivity index (χ0v) is 14.6. The number of ether oxygens (including phenoxy) is 1. The predicted octanol–water partition coefficient (Wildman–Crippen LogP) is 5.22. The number of carbonyl (C=O) groups is 1. The van der Waals surface area contributed by atoms with E-state index in [4.69, 9.17) is 4.74 Å². The third-order valence-electron chi connectivity index (χ3n) is 4.54. The predicted molar refractivity (Wildman–Crippen MR) is 104 cm³/mol. The van der Waals surface area contributed by atoms with Crippen molar-refractivity contribution in [3.8, 4) is 5.75 Å². The number of benzene rings is 3. The van der Waals surface area contributed by atoms with Gasteiger partial charge in [-0.1, -0.05) is 42.5 Å². The number of hydrogen-bond acceptors (Lipinski definition) is 2. The first-order chi connectivity index (χ1) is 13.2. The molecule has 0 saturated heterocycles. The second-order valence-electron chi connectivity index (χ2n) is 6.41. The summed E-state index contributed by atoms with van der Waals surface area (Å²) in [6.07, 6.45) is 2.78. The van der Waals surface area contributed by atoms with Crippen molar-refractivity contribution in [3.63, 3.8) is 0 Å². The fourth-order valence-electron chi connectivity index (χ4n) is 3.13. The van der Waals surface area contributed by atoms with Crippen molar-refractivity contribution in [3.05, 3.63) is 102 Å². The van der Waals surface area contributed by atoms with Gasteiger partial charge in [-0.25, -0.2) is 4.39 Å². The van der Waals surface area contributed by atoms with Gasteiger partial charge in [0.1, 0.15) is 18.2 Å². The van der Waals surface area contributed by atoms with Crippen molar-refractivity contribution >= 4 is 17.2 Å². The van der Waals surface area contributed by atoms with E-state index in [1.165, 1.54) is 12.1 Å². The minimum atomic E-state index is -0.252. The average molecular weight is 359 g/mol. The van der Waals surface area contributed by atoms with Crippen LogP contribution >= 0.6 is 0 Å². The molecule has 4 heteroatoms. The summed E-state index contributed by atoms with van der Waals surface area (Å²) in [6, 6.07) is 22.0. The molecule has 0 atom stereocenters. The fourth-order valence-corrected chi connectivity index (χ4v) is 3.13. The van der Waals surface area contributed by atoms with Gasteiger partial charge in [-0.05, 0) is 41.5 Å². The van der Waals surface area contributed by atoms with Gasteiger partial charge in [0, 0.05) is 29.2 Å². The Morgan fingerprint density at radius 1 is 0.889 bits per heavy atom. The Labute approximate surface area is 156 Å². The van der Waals surface area contributed by atoms with E-state index in [-0.39, 0.29) is 5.82 Å². The highest BCUT2D eigenvalue weighted by atomic mass is 19.1. The maximum absolute atomic E-state index is 12.9. The summed E-state index contributed by atoms with van der Waals surface area (Å²) < 4.78 is 20.8. The highest BCUT2D eigenvalue weighted by molar-refractivity contribution is 5.97. The molecule has 0 aliphatic heterocycles. The van der Waals surface area contributed by atoms with E-state index in [0.29, 0.717) is 18.7 Å². The van der Waals surface area contributed by atoms with Crippen LogP contribution in [0.5, 0.6) is 5.75 Å². The monoisotopic (exact) mass is 359 g/mol. The molecule has 0 bridgehead atoms. The van der Waals surface area contributed by atoms with Gasteiger partial charge in [-0.3, -0.25) is 4.79 Å². The SMILES string of the molecule is O=Cc1cn(Cc2ccc(OCc3ccc(F)cc3)cc2)c2ccccc12. The Kier molecular flexibility index (Phi) is 4.71. The molecule has 0 N–H and O–H groups in total. The smallest absolute Gasteiger partial charge is 0.152 e. The molecule has 0 unspecified atom stereocenters. The molecule has 4 aromatic rings. The number of hydrogen-bond donors (Lipinski definition) is 0. The molecule has 3 nitrogen and oxygen atoms in total. The summed E-state index contributed by atoms with van der Waals surface area (Å²) in [4.78, 5) is 11.3. The summed E-state index contributed by atoms with van der Waals surface area (Å²) in [7, 11) is 0. The van der Waals surface area contributed by atoms with Gasteiger partial charge in [0.2, 0.25) is 0 Å². The summed E-state index contributed by atoms with van der Waals surface area (Å²) in [5, 5.41) is 0.965. The molecule has 0 radical (unpaired) electrons. The Balaban J connectivity index is 1.46. The fraction of sp³-hybridized carbons (Fsp3) is 0.0870. The minimum absolute atomic E-state index is 0.252. The highest BCUT2D eigenvalue weighted by Crippen LogP contribution is 2.22. The molecule has 134 valence electrons. The third-order valence-corrected chi connectivity index (χ3v) is 4.54. The van der Waals surface area contributed by atoms with Crippen LogP contribution < -0.4 is 4.74 Å². The first-order valence-electron chi connectivity index (χ1n) is 8.72. The highest BCUT2D eigenvalue weighted by Gasteiger charge is 2.07. The van der Waals surface area contributed by atoms with Crippen molar-refractivity contribution in [1.82, 2.24) is 4.57 Å². The van der Waals surface area contributed by atoms with Crippen LogP contribution in [0.3, 0.4) is 0 Å². The summed E-state index contributed by atoms with van der Waals surface area (Å²) in [5.74, 6) is 0.507. The van der Waals surface area contributed by atoms with Crippen LogP contribution in [-0.2, 0) is 13.2 Å². The third kappa shape index (κ3) is 3.75. The molecular weight excluding hydrogens is 341 g/mol. The zero-order chi connectivity index (χ0) is 18.6. The van der Waals surface area contributed by atoms with Crippen molar-refractivity contribution in [2.45, 2.75) is 13.2 Å². The van der Waals surface area contributed by atoms with Crippen LogP contribution in [0.15, 0.2) is 79.0 Å². The summed E-state index contributed by atoms with van der Waals surface area (Å²) in [5.41, 5.74) is 3.77. The Morgan fingerprint density at radius 3 is 2.33 bits per heavy atom. The van der Waals surface area contributed by atoms with Gasteiger partial charge < -0.3 is 9.30 Å². The minimum Gasteiger partial charge on any atom is -0.489 e. The number of para-hydroxylation sites is 1. The largest absolute Gasteiger partial charge is 0.489 e. The average Bonchev–Trinajstić information content (AvgIpc) is 3.06. The van der Waals surface area contributed by atoms with E-state index < -0.39 is 0 Å². The van der Waals surface area contributed by atoms with Gasteiger partial charge in [0.15, 0.2) is 6.29 Å². The van der Waals surface area contributed by atoms with Crippen LogP contribution in [0, 0.1) is 5.82 Å². The van der Waals surface area contributed by atoms with Crippen molar-refractivity contribution < 1.29 is 13.9 Å². The maximum Gasteiger partial charge on any atom is 0.152 e. The lowest BCUT2D eigenvalue weighted by Gasteiger charge is -2.09. The van der Waals surface area contributed by atoms with Crippen LogP contribution in [0.25, 0.3) is 10.9 Å². The second kappa shape index (κ2) is 7.46. The summed E-state index contributed by atoms with van der Waals surface area (Å²) in [6.45, 7) is 1.07. The Bertz CT molecular complexity index is 1070. The second-order valence-corrected chi connectivity index (χ2v) is 6.41. The molecule has 0 spiro atoms. The van der Waals surface area contributed by atoms with Gasteiger partial charge in [-0.2, -0.15) is 0 Å². The number of aldehydes is 1. The van der Waals surface area contributed by atoms with Gasteiger partial charge >= 0.3 is 0 Å². The number of nitrogens with zero attached hydrogens (tertiary/aromatic N) is 1. The molecule has 0 aliphatic rings. The molecule has 27 heavy (non-hydrogen) atoms. The molecule has 0 saturated carbocycles. The molecular formula is C23H18FNO2. The number of rotatable bonds is 6. The van der Waals surface area contributed by atoms with Gasteiger partial charge in [0.25, 0.3) is 0 Å². The molecule has 0 aliphatic carbocycles. The molecule has 0 amide bonds. The molecule has 1 heterocycles. The summed E-state index contributed by atoms with van der Waals surface area (Å²) >= 11 is 0. The van der Waals surface area contributed by atoms with Crippen LogP contribution in [0.1, 0.15) is 21.5 Å². The lowest BCUT2D eigenvalue weighted by Crippen LogP contribution is -1.99. The van der Waals surface area contributed by atoms with Crippen molar-refractivity contribution in [2.75, 3.05) is 0 Å². The Hall–Kier alpha value is -3.40. The maximum atomic E-state index is 12.9. The van der Waals surface area contributed by atoms with E-state index >= 15 is 0 Å². The first kappa shape index (κ1) is 17.0. The van der Waals surface area contributed by atoms with E-state index in [2.05, 4.69) is 4.57 Å². The number of carbonyl (C=O) groups excluding carboxylic acids is 1. The quantitative estimate of drug-likeness (QED) is 0.442. The topological polar surface area (TPSA) is 31.2 Å². The molecule has 3 aromatic carbocycles. The molecule has 4 rings (SSSR count). The van der Waals surface area contributed by atoms with Crippen LogP contribution in [0.4, 0.5) is 4.39 Å². The normalized spacial score (nSPS) is 10.9. The standard InChI is InChI=1S/C23H18FNO2/c24-20-9-5-18(6-10-20)16-27-21-11-7-17(8-12-21)13-25-14-19(15-26)22-3-1-2-4-23(22)25/h1-12,14-15H,13,16H2. The number of fused-ring (bicyclic) bond motifs is 1. The zero-order valence-electron chi connectivity index (χ0n) is 14.6. The Morgan fingerprint density at radius 2 is 1.59 bits per heavy atom. The molecule has 0 fully saturated rings. The number of halogens is 1. The first-order valence-corrected chi connectivity index (χ1v) is 8.72. The van der Waals surface area contributed by atoms with Gasteiger partial charge in [0.05, 0.1) is 0 Å². The lowest BCUT2D eigenvalue weighted by atomic mass is 10.2. The van der Waals surface area contributed by atoms with E-state index in [0.717, 1.165) is 34.1 Å². The van der Waals surface area contributed by atoms with Crippen molar-refractivity contribution in [1.29, 1.82) is 0 Å².